The molecule has 1 aromatic heterocycles. The van der Waals surface area contributed by atoms with Gasteiger partial charge in [-0.1, -0.05) is 33.5 Å². The van der Waals surface area contributed by atoms with Crippen LogP contribution in [0.15, 0.2) is 40.9 Å². The van der Waals surface area contributed by atoms with E-state index in [0.29, 0.717) is 18.6 Å². The van der Waals surface area contributed by atoms with E-state index in [1.165, 1.54) is 22.0 Å². The van der Waals surface area contributed by atoms with Crippen molar-refractivity contribution in [2.24, 2.45) is 10.9 Å². The number of nitrogens with zero attached hydrogens (tertiary/aromatic N) is 1. The molecule has 166 valence electrons. The summed E-state index contributed by atoms with van der Waals surface area (Å²) in [6.07, 6.45) is 0. The van der Waals surface area contributed by atoms with Crippen molar-refractivity contribution in [3.8, 4) is 5.30 Å². The Morgan fingerprint density at radius 3 is 1.72 bits per heavy atom. The molecule has 2 heterocycles. The summed E-state index contributed by atoms with van der Waals surface area (Å²) >= 11 is 0. The molecular weight excluding hydrogens is 601 g/mol. The smallest absolute Gasteiger partial charge is 0 e. The second-order valence-corrected chi connectivity index (χ2v) is 7.92. The SMILES string of the molecule is Cc1cp(-c2ccccc2C2=N[C@@H](C(C)C)CO2)cc1C.[C-]#[O+].[C-]#[O+].[C-]#[O+].[C-]#[O+].[C-]#[O+].[W]. The van der Waals surface area contributed by atoms with Crippen molar-refractivity contribution in [1.82, 2.24) is 0 Å². The maximum atomic E-state index is 7.50. The van der Waals surface area contributed by atoms with E-state index < -0.39 is 0 Å². The first kappa shape index (κ1) is 37.2. The molecule has 1 aliphatic rings. The molecule has 1 atom stereocenters. The van der Waals surface area contributed by atoms with Gasteiger partial charge in [-0.05, 0) is 54.6 Å². The third-order valence-corrected chi connectivity index (χ3v) is 6.42. The van der Waals surface area contributed by atoms with Crippen molar-refractivity contribution in [1.29, 1.82) is 0 Å². The van der Waals surface area contributed by atoms with Crippen molar-refractivity contribution in [3.63, 3.8) is 0 Å². The van der Waals surface area contributed by atoms with Gasteiger partial charge in [0.1, 0.15) is 6.61 Å². The van der Waals surface area contributed by atoms with Crippen LogP contribution in [0.5, 0.6) is 0 Å². The number of aryl methyl sites for hydroxylation is 2. The minimum atomic E-state index is -0.370. The monoisotopic (exact) mass is 623 g/mol. The van der Waals surface area contributed by atoms with Crippen molar-refractivity contribution in [2.75, 3.05) is 6.61 Å². The first-order valence-electron chi connectivity index (χ1n) is 8.54. The van der Waals surface area contributed by atoms with Crippen LogP contribution in [-0.4, -0.2) is 18.5 Å². The van der Waals surface area contributed by atoms with E-state index in [1.807, 2.05) is 0 Å². The number of ether oxygens (including phenoxy) is 1. The molecule has 2 aromatic rings. The molecule has 9 heteroatoms. The fraction of sp³-hybridized carbons (Fsp3) is 0.304. The van der Waals surface area contributed by atoms with Gasteiger partial charge in [-0.2, -0.15) is 0 Å². The molecule has 7 nitrogen and oxygen atoms in total. The van der Waals surface area contributed by atoms with Crippen LogP contribution in [0.3, 0.4) is 0 Å². The Hall–Kier alpha value is -2.14. The molecule has 0 aliphatic carbocycles. The first-order chi connectivity index (χ1) is 15.1. The minimum absolute atomic E-state index is 0. The molecule has 1 aromatic carbocycles. The largest absolute Gasteiger partial charge is 0 e. The van der Waals surface area contributed by atoms with Gasteiger partial charge < -0.3 is 4.74 Å². The summed E-state index contributed by atoms with van der Waals surface area (Å²) in [5.74, 6) is 6.13. The Morgan fingerprint density at radius 1 is 0.875 bits per heavy atom. The summed E-state index contributed by atoms with van der Waals surface area (Å²) in [5, 5.41) is 1.35. The average molecular weight is 623 g/mol. The number of benzene rings is 1. The Morgan fingerprint density at radius 2 is 1.31 bits per heavy atom. The molecule has 1 aliphatic heterocycles. The molecule has 32 heavy (non-hydrogen) atoms. The van der Waals surface area contributed by atoms with E-state index in [0.717, 1.165) is 5.90 Å². The summed E-state index contributed by atoms with van der Waals surface area (Å²) in [5.41, 5.74) is 3.96. The van der Waals surface area contributed by atoms with Gasteiger partial charge in [0.2, 0.25) is 5.90 Å². The zero-order valence-corrected chi connectivity index (χ0v) is 21.9. The summed E-state index contributed by atoms with van der Waals surface area (Å²) in [7, 11) is -0.370. The van der Waals surface area contributed by atoms with Crippen LogP contribution in [0.1, 0.15) is 30.5 Å². The molecular formula is C23H22NO6PW. The van der Waals surface area contributed by atoms with Gasteiger partial charge in [0.15, 0.2) is 0 Å². The standard InChI is InChI=1S/C18H22NOP.5CO.W/c1-12(2)16-9-20-18(19-16)15-7-5-6-8-17(15)21-10-13(3)14(4)11-21;5*1-2;/h5-8,10-12,16H,9H2,1-4H3;;;;;;/t16-;;;;;;/m1....../s1. The summed E-state index contributed by atoms with van der Waals surface area (Å²) in [4.78, 5) is 4.79. The molecule has 0 amide bonds. The fourth-order valence-electron chi connectivity index (χ4n) is 2.56. The van der Waals surface area contributed by atoms with Crippen LogP contribution < -0.4 is 0 Å². The normalized spacial score (nSPS) is 12.1. The van der Waals surface area contributed by atoms with Gasteiger partial charge in [0, 0.05) is 31.9 Å². The van der Waals surface area contributed by atoms with Gasteiger partial charge in [0.05, 0.1) is 6.04 Å². The predicted molar refractivity (Wildman–Crippen MR) is 111 cm³/mol. The Bertz CT molecular complexity index is 855. The van der Waals surface area contributed by atoms with Crippen LogP contribution >= 0.6 is 7.53 Å². The first-order valence-corrected chi connectivity index (χ1v) is 10.0. The predicted octanol–water partition coefficient (Wildman–Crippen LogP) is 4.89. The van der Waals surface area contributed by atoms with Crippen LogP contribution in [0, 0.1) is 53.0 Å². The van der Waals surface area contributed by atoms with Crippen molar-refractivity contribution >= 4 is 13.4 Å². The van der Waals surface area contributed by atoms with E-state index in [4.69, 9.17) is 33.0 Å². The van der Waals surface area contributed by atoms with E-state index in [9.17, 15) is 0 Å². The summed E-state index contributed by atoms with van der Waals surface area (Å²) < 4.78 is 43.4. The summed E-state index contributed by atoms with van der Waals surface area (Å²) in [6.45, 7) is 32.0. The van der Waals surface area contributed by atoms with Crippen LogP contribution in [0.25, 0.3) is 5.30 Å². The van der Waals surface area contributed by atoms with Gasteiger partial charge in [-0.15, -0.1) is 0 Å². The molecule has 0 fully saturated rings. The number of hydrogen-bond donors (Lipinski definition) is 0. The summed E-state index contributed by atoms with van der Waals surface area (Å²) in [6, 6.07) is 8.84. The molecule has 0 unspecified atom stereocenters. The zero-order valence-electron chi connectivity index (χ0n) is 18.1. The van der Waals surface area contributed by atoms with Crippen LogP contribution in [0.4, 0.5) is 0 Å². The Labute approximate surface area is 204 Å². The number of hydrogen-bond acceptors (Lipinski definition) is 2. The average Bonchev–Trinajstić information content (AvgIpc) is 3.48. The van der Waals surface area contributed by atoms with E-state index in [1.54, 1.807) is 0 Å². The molecule has 0 bridgehead atoms. The minimum Gasteiger partial charge on any atom is 0 e. The molecule has 3 rings (SSSR count). The number of aliphatic imine (C=N–C) groups is 1. The second kappa shape index (κ2) is 23.5. The molecule has 0 saturated carbocycles. The van der Waals surface area contributed by atoms with E-state index >= 15 is 0 Å². The van der Waals surface area contributed by atoms with Crippen molar-refractivity contribution in [2.45, 2.75) is 33.7 Å². The zero-order chi connectivity index (χ0) is 25.0. The van der Waals surface area contributed by atoms with Crippen LogP contribution in [-0.2, 0) is 49.1 Å². The van der Waals surface area contributed by atoms with E-state index in [2.05, 4.69) is 96.8 Å². The van der Waals surface area contributed by atoms with Gasteiger partial charge in [-0.3, -0.25) is 0 Å². The number of rotatable bonds is 3. The quantitative estimate of drug-likeness (QED) is 0.351. The third-order valence-electron chi connectivity index (χ3n) is 4.14. The van der Waals surface area contributed by atoms with E-state index in [-0.39, 0.29) is 28.6 Å². The topological polar surface area (TPSA) is 121 Å². The maximum Gasteiger partial charge on any atom is 0 e. The third kappa shape index (κ3) is 11.5. The van der Waals surface area contributed by atoms with Gasteiger partial charge >= 0.3 is 56.5 Å². The van der Waals surface area contributed by atoms with Gasteiger partial charge in [-0.25, -0.2) is 4.99 Å². The van der Waals surface area contributed by atoms with Crippen LogP contribution in [0.2, 0.25) is 0 Å². The van der Waals surface area contributed by atoms with Crippen molar-refractivity contribution in [3.05, 3.63) is 85.8 Å². The fourth-order valence-corrected chi connectivity index (χ4v) is 4.86. The second-order valence-electron chi connectivity index (χ2n) is 6.11. The Balaban J connectivity index is -0.000000316. The maximum absolute atomic E-state index is 7.50. The van der Waals surface area contributed by atoms with Gasteiger partial charge in [0.25, 0.3) is 0 Å². The molecule has 0 saturated heterocycles. The molecule has 0 N–H and O–H groups in total. The Kier molecular flexibility index (Phi) is 27.3. The molecule has 0 radical (unpaired) electrons. The van der Waals surface area contributed by atoms with Crippen molar-refractivity contribution < 1.29 is 49.1 Å². The molecule has 0 spiro atoms.